The maximum absolute atomic E-state index is 11.8. The van der Waals surface area contributed by atoms with Crippen molar-refractivity contribution in [1.82, 2.24) is 10.2 Å². The van der Waals surface area contributed by atoms with E-state index in [-0.39, 0.29) is 17.9 Å². The van der Waals surface area contributed by atoms with Crippen LogP contribution in [0, 0.1) is 5.92 Å². The second-order valence-corrected chi connectivity index (χ2v) is 5.22. The number of unbranched alkanes of at least 4 members (excludes halogenated alkanes) is 1. The Morgan fingerprint density at radius 3 is 2.76 bits per heavy atom. The summed E-state index contributed by atoms with van der Waals surface area (Å²) in [5.41, 5.74) is 5.81. The number of nitrogens with zero attached hydrogens (tertiary/aromatic N) is 1. The zero-order valence-corrected chi connectivity index (χ0v) is 11.2. The number of rotatable bonds is 7. The molecule has 1 rings (SSSR count). The number of likely N-dealkylation sites (N-methyl/N-ethyl adjacent to an activating group) is 1. The molecule has 0 aromatic rings. The molecule has 2 atom stereocenters. The van der Waals surface area contributed by atoms with Crippen molar-refractivity contribution < 1.29 is 4.79 Å². The first kappa shape index (κ1) is 14.5. The summed E-state index contributed by atoms with van der Waals surface area (Å²) in [6.45, 7) is 4.99. The molecule has 0 radical (unpaired) electrons. The average molecular weight is 241 g/mol. The number of amides is 1. The number of carbonyl (C=O) groups excluding carboxylic acids is 1. The first-order valence-corrected chi connectivity index (χ1v) is 6.85. The Morgan fingerprint density at radius 1 is 1.41 bits per heavy atom. The van der Waals surface area contributed by atoms with Crippen molar-refractivity contribution in [3.63, 3.8) is 0 Å². The molecule has 0 aromatic carbocycles. The van der Waals surface area contributed by atoms with Gasteiger partial charge >= 0.3 is 0 Å². The van der Waals surface area contributed by atoms with Gasteiger partial charge in [-0.3, -0.25) is 4.79 Å². The SMILES string of the molecule is CCCCN(C)CCNC(=O)C1CCC(N)C1. The summed E-state index contributed by atoms with van der Waals surface area (Å²) < 4.78 is 0. The molecule has 0 saturated heterocycles. The van der Waals surface area contributed by atoms with Gasteiger partial charge in [0, 0.05) is 25.0 Å². The summed E-state index contributed by atoms with van der Waals surface area (Å²) in [6.07, 6.45) is 5.25. The number of nitrogens with two attached hydrogens (primary N) is 1. The highest BCUT2D eigenvalue weighted by Crippen LogP contribution is 2.23. The molecule has 0 spiro atoms. The van der Waals surface area contributed by atoms with Crippen LogP contribution in [0.2, 0.25) is 0 Å². The van der Waals surface area contributed by atoms with Crippen LogP contribution in [0.4, 0.5) is 0 Å². The highest BCUT2D eigenvalue weighted by atomic mass is 16.1. The summed E-state index contributed by atoms with van der Waals surface area (Å²) >= 11 is 0. The van der Waals surface area contributed by atoms with E-state index in [1.165, 1.54) is 12.8 Å². The molecule has 17 heavy (non-hydrogen) atoms. The van der Waals surface area contributed by atoms with Gasteiger partial charge in [-0.05, 0) is 39.3 Å². The summed E-state index contributed by atoms with van der Waals surface area (Å²) in [5.74, 6) is 0.354. The Morgan fingerprint density at radius 2 is 2.18 bits per heavy atom. The Bertz CT molecular complexity index is 233. The smallest absolute Gasteiger partial charge is 0.223 e. The van der Waals surface area contributed by atoms with Gasteiger partial charge in [0.15, 0.2) is 0 Å². The summed E-state index contributed by atoms with van der Waals surface area (Å²) in [7, 11) is 2.10. The second-order valence-electron chi connectivity index (χ2n) is 5.22. The molecular formula is C13H27N3O. The van der Waals surface area contributed by atoms with Crippen LogP contribution in [0.25, 0.3) is 0 Å². The lowest BCUT2D eigenvalue weighted by Crippen LogP contribution is -2.36. The van der Waals surface area contributed by atoms with Crippen LogP contribution in [0.3, 0.4) is 0 Å². The van der Waals surface area contributed by atoms with Gasteiger partial charge in [0.25, 0.3) is 0 Å². The van der Waals surface area contributed by atoms with E-state index in [2.05, 4.69) is 24.2 Å². The van der Waals surface area contributed by atoms with Crippen molar-refractivity contribution in [2.24, 2.45) is 11.7 Å². The van der Waals surface area contributed by atoms with Crippen molar-refractivity contribution in [1.29, 1.82) is 0 Å². The maximum Gasteiger partial charge on any atom is 0.223 e. The van der Waals surface area contributed by atoms with Crippen LogP contribution in [0.5, 0.6) is 0 Å². The zero-order valence-electron chi connectivity index (χ0n) is 11.2. The van der Waals surface area contributed by atoms with E-state index in [4.69, 9.17) is 5.73 Å². The fourth-order valence-corrected chi connectivity index (χ4v) is 2.31. The molecule has 100 valence electrons. The normalized spacial score (nSPS) is 24.2. The lowest BCUT2D eigenvalue weighted by atomic mass is 10.1. The third-order valence-electron chi connectivity index (χ3n) is 3.53. The monoisotopic (exact) mass is 241 g/mol. The standard InChI is InChI=1S/C13H27N3O/c1-3-4-8-16(2)9-7-15-13(17)11-5-6-12(14)10-11/h11-12H,3-10,14H2,1-2H3,(H,15,17). The first-order chi connectivity index (χ1) is 8.13. The molecule has 1 fully saturated rings. The molecular weight excluding hydrogens is 214 g/mol. The fraction of sp³-hybridized carbons (Fsp3) is 0.923. The zero-order chi connectivity index (χ0) is 12.7. The third kappa shape index (κ3) is 5.50. The van der Waals surface area contributed by atoms with Crippen LogP contribution in [-0.4, -0.2) is 43.5 Å². The molecule has 0 aliphatic heterocycles. The predicted octanol–water partition coefficient (Wildman–Crippen LogP) is 0.962. The molecule has 0 bridgehead atoms. The van der Waals surface area contributed by atoms with Crippen molar-refractivity contribution in [3.05, 3.63) is 0 Å². The van der Waals surface area contributed by atoms with Gasteiger partial charge in [0.2, 0.25) is 5.91 Å². The average Bonchev–Trinajstić information content (AvgIpc) is 2.73. The van der Waals surface area contributed by atoms with Gasteiger partial charge in [-0.15, -0.1) is 0 Å². The largest absolute Gasteiger partial charge is 0.355 e. The highest BCUT2D eigenvalue weighted by molar-refractivity contribution is 5.78. The summed E-state index contributed by atoms with van der Waals surface area (Å²) in [6, 6.07) is 0.234. The molecule has 1 saturated carbocycles. The van der Waals surface area contributed by atoms with E-state index in [1.54, 1.807) is 0 Å². The van der Waals surface area contributed by atoms with Gasteiger partial charge in [0.1, 0.15) is 0 Å². The summed E-state index contributed by atoms with van der Waals surface area (Å²) in [5, 5.41) is 3.02. The van der Waals surface area contributed by atoms with E-state index in [1.807, 2.05) is 0 Å². The van der Waals surface area contributed by atoms with E-state index in [0.29, 0.717) is 0 Å². The van der Waals surface area contributed by atoms with Crippen LogP contribution < -0.4 is 11.1 Å². The Kier molecular flexibility index (Phi) is 6.52. The van der Waals surface area contributed by atoms with Crippen molar-refractivity contribution in [3.8, 4) is 0 Å². The van der Waals surface area contributed by atoms with Gasteiger partial charge in [-0.25, -0.2) is 0 Å². The second kappa shape index (κ2) is 7.67. The quantitative estimate of drug-likeness (QED) is 0.698. The van der Waals surface area contributed by atoms with Crippen LogP contribution >= 0.6 is 0 Å². The Hall–Kier alpha value is -0.610. The molecule has 2 unspecified atom stereocenters. The molecule has 4 nitrogen and oxygen atoms in total. The topological polar surface area (TPSA) is 58.4 Å². The molecule has 3 N–H and O–H groups in total. The lowest BCUT2D eigenvalue weighted by molar-refractivity contribution is -0.124. The van der Waals surface area contributed by atoms with Gasteiger partial charge in [0.05, 0.1) is 0 Å². The fourth-order valence-electron chi connectivity index (χ4n) is 2.31. The Balaban J connectivity index is 2.07. The number of nitrogens with one attached hydrogen (secondary N) is 1. The minimum absolute atomic E-state index is 0.158. The maximum atomic E-state index is 11.8. The van der Waals surface area contributed by atoms with Crippen molar-refractivity contribution in [2.45, 2.75) is 45.1 Å². The van der Waals surface area contributed by atoms with Gasteiger partial charge < -0.3 is 16.0 Å². The van der Waals surface area contributed by atoms with Gasteiger partial charge in [-0.2, -0.15) is 0 Å². The molecule has 0 aromatic heterocycles. The number of carbonyl (C=O) groups is 1. The van der Waals surface area contributed by atoms with Crippen molar-refractivity contribution in [2.75, 3.05) is 26.7 Å². The molecule has 1 amide bonds. The van der Waals surface area contributed by atoms with Crippen molar-refractivity contribution >= 4 is 5.91 Å². The molecule has 4 heteroatoms. The number of hydrogen-bond acceptors (Lipinski definition) is 3. The van der Waals surface area contributed by atoms with E-state index >= 15 is 0 Å². The number of hydrogen-bond donors (Lipinski definition) is 2. The first-order valence-electron chi connectivity index (χ1n) is 6.85. The van der Waals surface area contributed by atoms with Crippen LogP contribution in [0.1, 0.15) is 39.0 Å². The van der Waals surface area contributed by atoms with Gasteiger partial charge in [-0.1, -0.05) is 13.3 Å². The Labute approximate surface area is 105 Å². The minimum Gasteiger partial charge on any atom is -0.355 e. The molecule has 0 heterocycles. The highest BCUT2D eigenvalue weighted by Gasteiger charge is 2.27. The predicted molar refractivity (Wildman–Crippen MR) is 70.7 cm³/mol. The minimum atomic E-state index is 0.158. The lowest BCUT2D eigenvalue weighted by Gasteiger charge is -2.17. The van der Waals surface area contributed by atoms with E-state index in [0.717, 1.165) is 38.9 Å². The van der Waals surface area contributed by atoms with E-state index in [9.17, 15) is 4.79 Å². The molecule has 1 aliphatic rings. The third-order valence-corrected chi connectivity index (χ3v) is 3.53. The van der Waals surface area contributed by atoms with Crippen LogP contribution in [0.15, 0.2) is 0 Å². The van der Waals surface area contributed by atoms with E-state index < -0.39 is 0 Å². The van der Waals surface area contributed by atoms with Crippen LogP contribution in [-0.2, 0) is 4.79 Å². The summed E-state index contributed by atoms with van der Waals surface area (Å²) in [4.78, 5) is 14.1. The molecule has 1 aliphatic carbocycles.